The zero-order valence-corrected chi connectivity index (χ0v) is 16.4. The Labute approximate surface area is 162 Å². The molecule has 1 amide bonds. The molecule has 0 unspecified atom stereocenters. The van der Waals surface area contributed by atoms with Gasteiger partial charge in [0.1, 0.15) is 4.75 Å². The Kier molecular flexibility index (Phi) is 6.54. The first-order valence-electron chi connectivity index (χ1n) is 8.70. The summed E-state index contributed by atoms with van der Waals surface area (Å²) in [6, 6.07) is 12.8. The van der Waals surface area contributed by atoms with Crippen molar-refractivity contribution in [2.45, 2.75) is 42.5 Å². The largest absolute Gasteiger partial charge is 0.416 e. The summed E-state index contributed by atoms with van der Waals surface area (Å²) in [6.07, 6.45) is -3.20. The van der Waals surface area contributed by atoms with Crippen LogP contribution in [0.15, 0.2) is 59.5 Å². The average molecular weight is 413 g/mol. The molecule has 4 nitrogen and oxygen atoms in total. The number of hydrogen-bond acceptors (Lipinski definition) is 3. The molecule has 2 aromatic carbocycles. The first-order valence-corrected chi connectivity index (χ1v) is 10.2. The van der Waals surface area contributed by atoms with E-state index >= 15 is 0 Å². The maximum Gasteiger partial charge on any atom is 0.416 e. The molecular weight excluding hydrogens is 391 g/mol. The lowest BCUT2D eigenvalue weighted by molar-refractivity contribution is -0.137. The maximum atomic E-state index is 12.8. The number of nitrogens with one attached hydrogen (secondary N) is 1. The molecule has 2 aromatic rings. The van der Waals surface area contributed by atoms with Gasteiger partial charge in [-0.25, -0.2) is 8.42 Å². The van der Waals surface area contributed by atoms with Crippen LogP contribution in [0, 0.1) is 0 Å². The fourth-order valence-electron chi connectivity index (χ4n) is 2.59. The van der Waals surface area contributed by atoms with Gasteiger partial charge < -0.3 is 5.32 Å². The third-order valence-corrected chi connectivity index (χ3v) is 6.90. The first-order chi connectivity index (χ1) is 13.0. The van der Waals surface area contributed by atoms with Crippen molar-refractivity contribution in [2.75, 3.05) is 6.54 Å². The van der Waals surface area contributed by atoms with Gasteiger partial charge in [-0.15, -0.1) is 0 Å². The number of benzene rings is 2. The summed E-state index contributed by atoms with van der Waals surface area (Å²) in [4.78, 5) is 12.1. The van der Waals surface area contributed by atoms with Crippen molar-refractivity contribution in [1.29, 1.82) is 0 Å². The molecular formula is C20H22F3NO3S. The molecule has 0 heterocycles. The lowest BCUT2D eigenvalue weighted by Gasteiger charge is -2.24. The second-order valence-electron chi connectivity index (χ2n) is 6.88. The zero-order chi connectivity index (χ0) is 21.0. The van der Waals surface area contributed by atoms with E-state index in [4.69, 9.17) is 0 Å². The molecule has 0 saturated heterocycles. The van der Waals surface area contributed by atoms with Gasteiger partial charge in [0.25, 0.3) is 0 Å². The Bertz CT molecular complexity index is 906. The molecule has 0 spiro atoms. The Balaban J connectivity index is 2.03. The number of amides is 1. The average Bonchev–Trinajstić information content (AvgIpc) is 2.65. The van der Waals surface area contributed by atoms with E-state index < -0.39 is 32.2 Å². The number of carbonyl (C=O) groups is 1. The molecule has 0 fully saturated rings. The van der Waals surface area contributed by atoms with Crippen LogP contribution < -0.4 is 5.32 Å². The molecule has 0 aromatic heterocycles. The van der Waals surface area contributed by atoms with Crippen LogP contribution in [0.4, 0.5) is 13.2 Å². The van der Waals surface area contributed by atoms with Gasteiger partial charge in [-0.1, -0.05) is 30.3 Å². The van der Waals surface area contributed by atoms with Gasteiger partial charge >= 0.3 is 6.18 Å². The van der Waals surface area contributed by atoms with E-state index in [1.807, 2.05) is 30.3 Å². The van der Waals surface area contributed by atoms with Crippen LogP contribution in [0.25, 0.3) is 0 Å². The molecule has 8 heteroatoms. The van der Waals surface area contributed by atoms with Crippen LogP contribution in [0.2, 0.25) is 0 Å². The Morgan fingerprint density at radius 2 is 1.54 bits per heavy atom. The highest BCUT2D eigenvalue weighted by atomic mass is 32.2. The highest BCUT2D eigenvalue weighted by Gasteiger charge is 2.43. The van der Waals surface area contributed by atoms with Crippen LogP contribution >= 0.6 is 0 Å². The maximum absolute atomic E-state index is 12.8. The van der Waals surface area contributed by atoms with Crippen molar-refractivity contribution in [3.05, 3.63) is 65.7 Å². The monoisotopic (exact) mass is 413 g/mol. The number of rotatable bonds is 7. The molecule has 0 aliphatic heterocycles. The van der Waals surface area contributed by atoms with Gasteiger partial charge in [0, 0.05) is 6.54 Å². The molecule has 0 aliphatic carbocycles. The minimum atomic E-state index is -4.56. The molecule has 28 heavy (non-hydrogen) atoms. The number of halogens is 3. The minimum absolute atomic E-state index is 0.291. The van der Waals surface area contributed by atoms with E-state index in [-0.39, 0.29) is 4.90 Å². The SMILES string of the molecule is CC(C)(C(=O)NCCCc1ccccc1)S(=O)(=O)c1ccc(C(F)(F)F)cc1. The fraction of sp³-hybridized carbons (Fsp3) is 0.350. The molecule has 1 N–H and O–H groups in total. The second-order valence-corrected chi connectivity index (χ2v) is 9.38. The zero-order valence-electron chi connectivity index (χ0n) is 15.6. The van der Waals surface area contributed by atoms with E-state index in [1.54, 1.807) is 0 Å². The molecule has 0 atom stereocenters. The molecule has 2 rings (SSSR count). The lowest BCUT2D eigenvalue weighted by atomic mass is 10.1. The lowest BCUT2D eigenvalue weighted by Crippen LogP contribution is -2.48. The normalized spacial score (nSPS) is 12.6. The molecule has 0 saturated carbocycles. The Morgan fingerprint density at radius 3 is 2.07 bits per heavy atom. The Hall–Kier alpha value is -2.35. The van der Waals surface area contributed by atoms with Gasteiger partial charge in [-0.2, -0.15) is 13.2 Å². The van der Waals surface area contributed by atoms with Gasteiger partial charge in [0.15, 0.2) is 9.84 Å². The number of hydrogen-bond donors (Lipinski definition) is 1. The van der Waals surface area contributed by atoms with E-state index in [9.17, 15) is 26.4 Å². The summed E-state index contributed by atoms with van der Waals surface area (Å²) in [5.41, 5.74) is 0.156. The number of aryl methyl sites for hydroxylation is 1. The highest BCUT2D eigenvalue weighted by Crippen LogP contribution is 2.32. The molecule has 0 bridgehead atoms. The smallest absolute Gasteiger partial charge is 0.355 e. The number of alkyl halides is 3. The molecule has 152 valence electrons. The van der Waals surface area contributed by atoms with Crippen molar-refractivity contribution in [3.8, 4) is 0 Å². The molecule has 0 radical (unpaired) electrons. The van der Waals surface area contributed by atoms with Crippen molar-refractivity contribution < 1.29 is 26.4 Å². The predicted octanol–water partition coefficient (Wildman–Crippen LogP) is 4.01. The first kappa shape index (κ1) is 21.9. The molecule has 0 aliphatic rings. The van der Waals surface area contributed by atoms with Crippen LogP contribution in [0.3, 0.4) is 0 Å². The van der Waals surface area contributed by atoms with Gasteiger partial charge in [0.05, 0.1) is 10.5 Å². The topological polar surface area (TPSA) is 63.2 Å². The summed E-state index contributed by atoms with van der Waals surface area (Å²) in [7, 11) is -4.17. The standard InChI is InChI=1S/C20H22F3NO3S/c1-19(2,18(25)24-14-6-9-15-7-4-3-5-8-15)28(26,27)17-12-10-16(11-13-17)20(21,22)23/h3-5,7-8,10-13H,6,9,14H2,1-2H3,(H,24,25). The fourth-order valence-corrected chi connectivity index (χ4v) is 3.99. The van der Waals surface area contributed by atoms with Crippen molar-refractivity contribution in [3.63, 3.8) is 0 Å². The highest BCUT2D eigenvalue weighted by molar-refractivity contribution is 7.93. The van der Waals surface area contributed by atoms with E-state index in [1.165, 1.54) is 13.8 Å². The van der Waals surface area contributed by atoms with E-state index in [0.29, 0.717) is 25.1 Å². The van der Waals surface area contributed by atoms with Crippen molar-refractivity contribution >= 4 is 15.7 Å². The third-order valence-electron chi connectivity index (χ3n) is 4.48. The van der Waals surface area contributed by atoms with Gasteiger partial charge in [-0.3, -0.25) is 4.79 Å². The van der Waals surface area contributed by atoms with Crippen LogP contribution in [0.5, 0.6) is 0 Å². The van der Waals surface area contributed by atoms with Crippen LogP contribution in [-0.4, -0.2) is 25.6 Å². The summed E-state index contributed by atoms with van der Waals surface area (Å²) in [6.45, 7) is 2.78. The summed E-state index contributed by atoms with van der Waals surface area (Å²) < 4.78 is 61.7. The van der Waals surface area contributed by atoms with E-state index in [0.717, 1.165) is 24.1 Å². The number of sulfone groups is 1. The van der Waals surface area contributed by atoms with Crippen LogP contribution in [-0.2, 0) is 27.2 Å². The van der Waals surface area contributed by atoms with Gasteiger partial charge in [0.2, 0.25) is 5.91 Å². The van der Waals surface area contributed by atoms with Crippen molar-refractivity contribution in [2.24, 2.45) is 0 Å². The second kappa shape index (κ2) is 8.34. The van der Waals surface area contributed by atoms with Crippen LogP contribution in [0.1, 0.15) is 31.4 Å². The summed E-state index contributed by atoms with van der Waals surface area (Å²) in [5.74, 6) is -0.694. The quantitative estimate of drug-likeness (QED) is 0.698. The minimum Gasteiger partial charge on any atom is -0.355 e. The predicted molar refractivity (Wildman–Crippen MR) is 100 cm³/mol. The van der Waals surface area contributed by atoms with Gasteiger partial charge in [-0.05, 0) is 56.5 Å². The van der Waals surface area contributed by atoms with E-state index in [2.05, 4.69) is 5.32 Å². The summed E-state index contributed by atoms with van der Waals surface area (Å²) in [5, 5.41) is 2.61. The third kappa shape index (κ3) is 4.92. The number of carbonyl (C=O) groups excluding carboxylic acids is 1. The van der Waals surface area contributed by atoms with Crippen molar-refractivity contribution in [1.82, 2.24) is 5.32 Å². The Morgan fingerprint density at radius 1 is 0.964 bits per heavy atom. The summed E-state index contributed by atoms with van der Waals surface area (Å²) >= 11 is 0.